The normalized spacial score (nSPS) is 14.8. The molecule has 2 aromatic rings. The van der Waals surface area contributed by atoms with Gasteiger partial charge < -0.3 is 14.4 Å². The maximum atomic E-state index is 14.6. The van der Waals surface area contributed by atoms with Gasteiger partial charge in [-0.3, -0.25) is 10.1 Å². The number of methoxy groups -OCH3 is 1. The molecule has 6 nitrogen and oxygen atoms in total. The van der Waals surface area contributed by atoms with Gasteiger partial charge in [0, 0.05) is 36.1 Å². The summed E-state index contributed by atoms with van der Waals surface area (Å²) in [5.74, 6) is -0.221. The van der Waals surface area contributed by atoms with Crippen molar-refractivity contribution in [1.29, 1.82) is 0 Å². The lowest BCUT2D eigenvalue weighted by Gasteiger charge is -2.22. The summed E-state index contributed by atoms with van der Waals surface area (Å²) in [5, 5.41) is 11.5. The largest absolute Gasteiger partial charge is 0.494 e. The number of ether oxygens (including phenoxy) is 1. The Balaban J connectivity index is 2.33. The van der Waals surface area contributed by atoms with Crippen LogP contribution in [-0.2, 0) is 16.6 Å². The van der Waals surface area contributed by atoms with Gasteiger partial charge in [-0.2, -0.15) is 0 Å². The van der Waals surface area contributed by atoms with Crippen LogP contribution in [0.2, 0.25) is 0 Å². The van der Waals surface area contributed by atoms with Crippen LogP contribution >= 0.6 is 0 Å². The minimum atomic E-state index is -0.521. The number of para-hydroxylation sites is 2. The van der Waals surface area contributed by atoms with Crippen molar-refractivity contribution in [3.05, 3.63) is 57.4 Å². The van der Waals surface area contributed by atoms with Crippen molar-refractivity contribution in [1.82, 2.24) is 0 Å². The molecule has 0 unspecified atom stereocenters. The molecule has 0 saturated carbocycles. The predicted octanol–water partition coefficient (Wildman–Crippen LogP) is 3.91. The second kappa shape index (κ2) is 6.40. The zero-order valence-corrected chi connectivity index (χ0v) is 14.8. The Hall–Kier alpha value is -2.96. The molecule has 2 aromatic carbocycles. The molecule has 0 atom stereocenters. The fourth-order valence-corrected chi connectivity index (χ4v) is 3.70. The first kappa shape index (κ1) is 17.8. The van der Waals surface area contributed by atoms with Crippen LogP contribution in [0, 0.1) is 15.9 Å². The van der Waals surface area contributed by atoms with Crippen molar-refractivity contribution in [3.8, 4) is 5.75 Å². The van der Waals surface area contributed by atoms with Crippen LogP contribution in [0.25, 0.3) is 0 Å². The van der Waals surface area contributed by atoms with E-state index in [1.54, 1.807) is 23.1 Å². The summed E-state index contributed by atoms with van der Waals surface area (Å²) in [6.45, 7) is 4.25. The Kier molecular flexibility index (Phi) is 4.39. The van der Waals surface area contributed by atoms with Crippen molar-refractivity contribution in [2.75, 3.05) is 18.6 Å². The number of benzene rings is 2. The van der Waals surface area contributed by atoms with E-state index in [9.17, 15) is 19.3 Å². The maximum Gasteiger partial charge on any atom is 0.292 e. The number of carbonyl (C=O) groups excluding carboxylic acids is 1. The highest BCUT2D eigenvalue weighted by Gasteiger charge is 2.42. The number of carbonyl (C=O) groups is 1. The molecule has 0 radical (unpaired) electrons. The number of nitro groups is 1. The Labute approximate surface area is 150 Å². The zero-order chi connectivity index (χ0) is 19.1. The van der Waals surface area contributed by atoms with Crippen LogP contribution in [0.5, 0.6) is 5.75 Å². The first-order chi connectivity index (χ1) is 12.3. The van der Waals surface area contributed by atoms with Crippen LogP contribution in [-0.4, -0.2) is 24.9 Å². The number of anilines is 2. The van der Waals surface area contributed by atoms with Crippen molar-refractivity contribution in [3.63, 3.8) is 0 Å². The van der Waals surface area contributed by atoms with E-state index in [-0.39, 0.29) is 17.9 Å². The highest BCUT2D eigenvalue weighted by Crippen LogP contribution is 2.52. The fourth-order valence-electron chi connectivity index (χ4n) is 3.70. The summed E-state index contributed by atoms with van der Waals surface area (Å²) in [7, 11) is 1.43. The van der Waals surface area contributed by atoms with E-state index in [2.05, 4.69) is 0 Å². The average molecular weight is 358 g/mol. The van der Waals surface area contributed by atoms with Crippen LogP contribution < -0.4 is 9.64 Å². The van der Waals surface area contributed by atoms with Crippen LogP contribution in [0.4, 0.5) is 21.5 Å². The lowest BCUT2D eigenvalue weighted by molar-refractivity contribution is -0.384. The molecule has 1 aliphatic rings. The standard InChI is InChI=1S/C19H19FN2O4/c1-19(2)11-21(14-6-4-5-7-15(14)22(24)25)18-16(26-3)10-13(20)12(8-9-23)17(18)19/h4-7,9-10H,8,11H2,1-3H3. The molecule has 26 heavy (non-hydrogen) atoms. The SMILES string of the molecule is COc1cc(F)c(CC=O)c2c1N(c1ccccc1[N+](=O)[O-])CC2(C)C. The van der Waals surface area contributed by atoms with Crippen molar-refractivity contribution < 1.29 is 18.8 Å². The van der Waals surface area contributed by atoms with Gasteiger partial charge in [-0.25, -0.2) is 4.39 Å². The molecular weight excluding hydrogens is 339 g/mol. The van der Waals surface area contributed by atoms with Gasteiger partial charge in [-0.15, -0.1) is 0 Å². The number of nitro benzene ring substituents is 1. The van der Waals surface area contributed by atoms with Gasteiger partial charge in [0.15, 0.2) is 0 Å². The lowest BCUT2D eigenvalue weighted by Crippen LogP contribution is -2.26. The molecule has 136 valence electrons. The highest BCUT2D eigenvalue weighted by atomic mass is 19.1. The quantitative estimate of drug-likeness (QED) is 0.460. The van der Waals surface area contributed by atoms with Crippen LogP contribution in [0.1, 0.15) is 25.0 Å². The molecule has 0 aliphatic carbocycles. The van der Waals surface area contributed by atoms with Crippen molar-refractivity contribution >= 4 is 23.3 Å². The van der Waals surface area contributed by atoms with Gasteiger partial charge in [0.1, 0.15) is 23.5 Å². The highest BCUT2D eigenvalue weighted by molar-refractivity contribution is 5.83. The second-order valence-electron chi connectivity index (χ2n) is 6.85. The fraction of sp³-hybridized carbons (Fsp3) is 0.316. The molecule has 0 fully saturated rings. The van der Waals surface area contributed by atoms with Gasteiger partial charge >= 0.3 is 0 Å². The number of fused-ring (bicyclic) bond motifs is 1. The van der Waals surface area contributed by atoms with E-state index in [0.717, 1.165) is 0 Å². The number of aldehydes is 1. The Morgan fingerprint density at radius 1 is 1.38 bits per heavy atom. The number of hydrogen-bond donors (Lipinski definition) is 0. The molecule has 3 rings (SSSR count). The van der Waals surface area contributed by atoms with Crippen molar-refractivity contribution in [2.24, 2.45) is 0 Å². The number of halogens is 1. The first-order valence-corrected chi connectivity index (χ1v) is 8.16. The smallest absolute Gasteiger partial charge is 0.292 e. The van der Waals surface area contributed by atoms with Gasteiger partial charge in [-0.1, -0.05) is 26.0 Å². The number of rotatable bonds is 5. The van der Waals surface area contributed by atoms with E-state index < -0.39 is 16.2 Å². The summed E-state index contributed by atoms with van der Waals surface area (Å²) < 4.78 is 20.0. The lowest BCUT2D eigenvalue weighted by atomic mass is 9.82. The van der Waals surface area contributed by atoms with Crippen LogP contribution in [0.15, 0.2) is 30.3 Å². The van der Waals surface area contributed by atoms with Crippen molar-refractivity contribution in [2.45, 2.75) is 25.7 Å². The number of nitrogens with zero attached hydrogens (tertiary/aromatic N) is 2. The Bertz CT molecular complexity index is 895. The van der Waals surface area contributed by atoms with Gasteiger partial charge in [0.2, 0.25) is 0 Å². The Morgan fingerprint density at radius 2 is 2.08 bits per heavy atom. The van der Waals surface area contributed by atoms with E-state index >= 15 is 0 Å². The molecule has 0 N–H and O–H groups in total. The summed E-state index contributed by atoms with van der Waals surface area (Å²) in [6, 6.07) is 7.65. The molecule has 1 aliphatic heterocycles. The van der Waals surface area contributed by atoms with E-state index in [4.69, 9.17) is 4.74 Å². The molecule has 0 aromatic heterocycles. The minimum absolute atomic E-state index is 0.0422. The number of hydrogen-bond acceptors (Lipinski definition) is 5. The zero-order valence-electron chi connectivity index (χ0n) is 14.8. The molecule has 0 amide bonds. The second-order valence-corrected chi connectivity index (χ2v) is 6.85. The van der Waals surface area contributed by atoms with Gasteiger partial charge in [-0.05, 0) is 11.6 Å². The predicted molar refractivity (Wildman–Crippen MR) is 95.8 cm³/mol. The molecule has 7 heteroatoms. The summed E-state index contributed by atoms with van der Waals surface area (Å²) in [6.07, 6.45) is 0.598. The third kappa shape index (κ3) is 2.69. The van der Waals surface area contributed by atoms with Crippen LogP contribution in [0.3, 0.4) is 0 Å². The molecule has 0 spiro atoms. The average Bonchev–Trinajstić information content (AvgIpc) is 2.88. The van der Waals surface area contributed by atoms with E-state index in [0.29, 0.717) is 35.3 Å². The molecule has 1 heterocycles. The summed E-state index contributed by atoms with van der Waals surface area (Å²) >= 11 is 0. The molecule has 0 saturated heterocycles. The minimum Gasteiger partial charge on any atom is -0.494 e. The van der Waals surface area contributed by atoms with E-state index in [1.165, 1.54) is 19.2 Å². The molecule has 0 bridgehead atoms. The first-order valence-electron chi connectivity index (χ1n) is 8.16. The van der Waals surface area contributed by atoms with Gasteiger partial charge in [0.25, 0.3) is 5.69 Å². The molecular formula is C19H19FN2O4. The van der Waals surface area contributed by atoms with E-state index in [1.807, 2.05) is 13.8 Å². The topological polar surface area (TPSA) is 72.7 Å². The maximum absolute atomic E-state index is 14.6. The monoisotopic (exact) mass is 358 g/mol. The van der Waals surface area contributed by atoms with Gasteiger partial charge in [0.05, 0.1) is 17.7 Å². The summed E-state index contributed by atoms with van der Waals surface area (Å²) in [4.78, 5) is 23.9. The Morgan fingerprint density at radius 3 is 2.69 bits per heavy atom. The third-order valence-corrected chi connectivity index (χ3v) is 4.69. The summed E-state index contributed by atoms with van der Waals surface area (Å²) in [5.41, 5.74) is 1.38. The third-order valence-electron chi connectivity index (χ3n) is 4.69.